The molecule has 0 radical (unpaired) electrons. The van der Waals surface area contributed by atoms with Crippen LogP contribution in [-0.4, -0.2) is 12.7 Å². The fraction of sp³-hybridized carbons (Fsp3) is 0.130. The van der Waals surface area contributed by atoms with Crippen LogP contribution in [0.1, 0.15) is 6.92 Å². The van der Waals surface area contributed by atoms with Gasteiger partial charge in [-0.2, -0.15) is 17.6 Å². The molecule has 0 spiro atoms. The lowest BCUT2D eigenvalue weighted by Gasteiger charge is -2.16. The van der Waals surface area contributed by atoms with Crippen LogP contribution in [0.3, 0.4) is 0 Å². The summed E-state index contributed by atoms with van der Waals surface area (Å²) in [4.78, 5) is 0. The Hall–Kier alpha value is -3.49. The zero-order valence-corrected chi connectivity index (χ0v) is 16.4. The summed E-state index contributed by atoms with van der Waals surface area (Å²) in [5, 5.41) is 0. The van der Waals surface area contributed by atoms with E-state index in [0.29, 0.717) is 35.6 Å². The van der Waals surface area contributed by atoms with Crippen molar-refractivity contribution in [3.63, 3.8) is 0 Å². The van der Waals surface area contributed by atoms with E-state index in [2.05, 4.69) is 4.74 Å². The summed E-state index contributed by atoms with van der Waals surface area (Å²) in [5.74, 6) is -4.97. The van der Waals surface area contributed by atoms with Crippen LogP contribution in [-0.2, 0) is 0 Å². The molecule has 0 bridgehead atoms. The molecule has 0 N–H and O–H groups in total. The van der Waals surface area contributed by atoms with Crippen molar-refractivity contribution in [1.82, 2.24) is 0 Å². The molecular formula is C23H15F7O2. The lowest BCUT2D eigenvalue weighted by atomic mass is 9.99. The van der Waals surface area contributed by atoms with Crippen molar-refractivity contribution in [3.8, 4) is 33.8 Å². The molecule has 3 rings (SSSR count). The van der Waals surface area contributed by atoms with Crippen molar-refractivity contribution in [2.45, 2.75) is 13.0 Å². The van der Waals surface area contributed by atoms with Gasteiger partial charge in [0.05, 0.1) is 12.7 Å². The highest BCUT2D eigenvalue weighted by Gasteiger charge is 2.33. The summed E-state index contributed by atoms with van der Waals surface area (Å²) in [5.41, 5.74) is 0.648. The maximum Gasteiger partial charge on any atom is 0.425 e. The molecule has 3 aromatic carbocycles. The predicted octanol–water partition coefficient (Wildman–Crippen LogP) is 7.59. The lowest BCUT2D eigenvalue weighted by molar-refractivity contribution is -0.137. The molecule has 0 aliphatic heterocycles. The summed E-state index contributed by atoms with van der Waals surface area (Å²) in [6.45, 7) is 2.32. The second-order valence-electron chi connectivity index (χ2n) is 6.52. The Labute approximate surface area is 178 Å². The van der Waals surface area contributed by atoms with E-state index in [0.717, 1.165) is 6.07 Å². The second-order valence-corrected chi connectivity index (χ2v) is 6.52. The monoisotopic (exact) mass is 456 g/mol. The van der Waals surface area contributed by atoms with Crippen LogP contribution in [0.4, 0.5) is 30.7 Å². The van der Waals surface area contributed by atoms with Gasteiger partial charge < -0.3 is 9.47 Å². The minimum Gasteiger partial charge on any atom is -0.494 e. The van der Waals surface area contributed by atoms with Crippen LogP contribution in [0.25, 0.3) is 22.3 Å². The molecule has 0 amide bonds. The Morgan fingerprint density at radius 1 is 0.812 bits per heavy atom. The van der Waals surface area contributed by atoms with Gasteiger partial charge in [-0.15, -0.1) is 0 Å². The Kier molecular flexibility index (Phi) is 6.76. The summed E-state index contributed by atoms with van der Waals surface area (Å²) < 4.78 is 103. The minimum atomic E-state index is -4.65. The minimum absolute atomic E-state index is 0.203. The van der Waals surface area contributed by atoms with Crippen molar-refractivity contribution in [2.75, 3.05) is 6.61 Å². The number of alkyl halides is 2. The standard InChI is InChI=1S/C23H15F7O2/c1-2-31-16-6-3-13(4-7-16)14-5-8-17(18(24)9-14)15-10-19(25)22(20(26)11-15)32-23(29,30)12-21(27)28/h3-12H,2H2,1H3. The van der Waals surface area contributed by atoms with E-state index < -0.39 is 41.5 Å². The Morgan fingerprint density at radius 2 is 1.38 bits per heavy atom. The Bertz CT molecular complexity index is 1110. The van der Waals surface area contributed by atoms with Gasteiger partial charge in [0, 0.05) is 5.56 Å². The van der Waals surface area contributed by atoms with Crippen molar-refractivity contribution in [1.29, 1.82) is 0 Å². The zero-order chi connectivity index (χ0) is 23.5. The van der Waals surface area contributed by atoms with Crippen molar-refractivity contribution in [2.24, 2.45) is 0 Å². The van der Waals surface area contributed by atoms with E-state index >= 15 is 0 Å². The molecule has 0 atom stereocenters. The van der Waals surface area contributed by atoms with Crippen LogP contribution in [0.15, 0.2) is 66.8 Å². The van der Waals surface area contributed by atoms with Crippen LogP contribution < -0.4 is 9.47 Å². The maximum absolute atomic E-state index is 14.7. The zero-order valence-electron chi connectivity index (χ0n) is 16.4. The largest absolute Gasteiger partial charge is 0.494 e. The van der Waals surface area contributed by atoms with Gasteiger partial charge in [0.1, 0.15) is 11.6 Å². The molecule has 0 unspecified atom stereocenters. The molecule has 0 aliphatic rings. The quantitative estimate of drug-likeness (QED) is 0.341. The number of halogens is 7. The molecule has 0 aliphatic carbocycles. The third-order valence-electron chi connectivity index (χ3n) is 4.29. The fourth-order valence-corrected chi connectivity index (χ4v) is 2.94. The van der Waals surface area contributed by atoms with Crippen molar-refractivity contribution < 1.29 is 40.2 Å². The SMILES string of the molecule is CCOc1ccc(-c2ccc(-c3cc(F)c(OC(F)(F)C=C(F)F)c(F)c3)c(F)c2)cc1. The molecule has 0 saturated carbocycles. The Balaban J connectivity index is 1.90. The van der Waals surface area contributed by atoms with Crippen LogP contribution in [0.5, 0.6) is 11.5 Å². The van der Waals surface area contributed by atoms with E-state index in [9.17, 15) is 30.7 Å². The highest BCUT2D eigenvalue weighted by Crippen LogP contribution is 2.35. The lowest BCUT2D eigenvalue weighted by Crippen LogP contribution is -2.23. The topological polar surface area (TPSA) is 18.5 Å². The molecule has 32 heavy (non-hydrogen) atoms. The number of rotatable bonds is 7. The molecule has 3 aromatic rings. The van der Waals surface area contributed by atoms with Gasteiger partial charge in [0.15, 0.2) is 17.4 Å². The summed E-state index contributed by atoms with van der Waals surface area (Å²) in [6.07, 6.45) is -8.33. The number of hydrogen-bond acceptors (Lipinski definition) is 2. The first-order chi connectivity index (χ1) is 15.1. The average Bonchev–Trinajstić information content (AvgIpc) is 2.70. The molecule has 0 aromatic heterocycles. The van der Waals surface area contributed by atoms with Gasteiger partial charge in [-0.25, -0.2) is 13.2 Å². The van der Waals surface area contributed by atoms with E-state index in [1.54, 1.807) is 24.3 Å². The van der Waals surface area contributed by atoms with Gasteiger partial charge in [-0.05, 0) is 53.9 Å². The van der Waals surface area contributed by atoms with Crippen molar-refractivity contribution >= 4 is 0 Å². The first-order valence-corrected chi connectivity index (χ1v) is 9.22. The molecular weight excluding hydrogens is 441 g/mol. The van der Waals surface area contributed by atoms with Gasteiger partial charge in [-0.1, -0.05) is 24.3 Å². The summed E-state index contributed by atoms with van der Waals surface area (Å²) in [7, 11) is 0. The predicted molar refractivity (Wildman–Crippen MR) is 104 cm³/mol. The first kappa shape index (κ1) is 23.2. The molecule has 168 valence electrons. The smallest absolute Gasteiger partial charge is 0.425 e. The Morgan fingerprint density at radius 3 is 1.91 bits per heavy atom. The average molecular weight is 456 g/mol. The molecule has 9 heteroatoms. The van der Waals surface area contributed by atoms with E-state index in [4.69, 9.17) is 4.74 Å². The number of hydrogen-bond donors (Lipinski definition) is 0. The van der Waals surface area contributed by atoms with Gasteiger partial charge in [0.25, 0.3) is 6.08 Å². The number of ether oxygens (including phenoxy) is 2. The molecule has 0 heterocycles. The second kappa shape index (κ2) is 9.33. The van der Waals surface area contributed by atoms with Gasteiger partial charge in [-0.3, -0.25) is 0 Å². The third-order valence-corrected chi connectivity index (χ3v) is 4.29. The maximum atomic E-state index is 14.7. The number of benzene rings is 3. The van der Waals surface area contributed by atoms with Crippen LogP contribution >= 0.6 is 0 Å². The molecule has 2 nitrogen and oxygen atoms in total. The molecule has 0 fully saturated rings. The van der Waals surface area contributed by atoms with Gasteiger partial charge in [0.2, 0.25) is 0 Å². The molecule has 0 saturated heterocycles. The van der Waals surface area contributed by atoms with Crippen molar-refractivity contribution in [3.05, 3.63) is 84.2 Å². The van der Waals surface area contributed by atoms with Crippen LogP contribution in [0.2, 0.25) is 0 Å². The highest BCUT2D eigenvalue weighted by atomic mass is 19.3. The highest BCUT2D eigenvalue weighted by molar-refractivity contribution is 5.72. The summed E-state index contributed by atoms with van der Waals surface area (Å²) >= 11 is 0. The van der Waals surface area contributed by atoms with E-state index in [-0.39, 0.29) is 11.1 Å². The van der Waals surface area contributed by atoms with E-state index in [1.165, 1.54) is 12.1 Å². The summed E-state index contributed by atoms with van der Waals surface area (Å²) in [6, 6.07) is 11.9. The van der Waals surface area contributed by atoms with Crippen LogP contribution in [0, 0.1) is 17.5 Å². The normalized spacial score (nSPS) is 11.2. The first-order valence-electron chi connectivity index (χ1n) is 9.22. The fourth-order valence-electron chi connectivity index (χ4n) is 2.94. The van der Waals surface area contributed by atoms with Gasteiger partial charge >= 0.3 is 6.11 Å². The third kappa shape index (κ3) is 5.40. The van der Waals surface area contributed by atoms with E-state index in [1.807, 2.05) is 6.92 Å².